The second-order valence-corrected chi connectivity index (χ2v) is 8.25. The van der Waals surface area contributed by atoms with Gasteiger partial charge in [-0.3, -0.25) is 4.99 Å². The number of alkyl halides is 1. The van der Waals surface area contributed by atoms with Crippen LogP contribution in [-0.2, 0) is 0 Å². The highest BCUT2D eigenvalue weighted by molar-refractivity contribution is 9.10. The number of amidine groups is 1. The predicted octanol–water partition coefficient (Wildman–Crippen LogP) is 5.25. The molecule has 0 radical (unpaired) electrons. The quantitative estimate of drug-likeness (QED) is 0.564. The number of halogens is 3. The topological polar surface area (TPSA) is 37.1 Å². The van der Waals surface area contributed by atoms with Crippen LogP contribution in [0.25, 0.3) is 0 Å². The van der Waals surface area contributed by atoms with E-state index in [1.165, 1.54) is 0 Å². The van der Waals surface area contributed by atoms with E-state index in [1.54, 1.807) is 0 Å². The summed E-state index contributed by atoms with van der Waals surface area (Å²) in [6.45, 7) is 6.18. The maximum Gasteiger partial charge on any atom is 0.170 e. The minimum absolute atomic E-state index is 0.0796. The number of nitrogens with zero attached hydrogens (tertiary/aromatic N) is 3. The SMILES string of the molecule is CC(C)(C)C1=NC2N=C(c3ccccc3Cl)C(Br)C=C2C(Cl)=N1. The molecule has 0 bridgehead atoms. The summed E-state index contributed by atoms with van der Waals surface area (Å²) in [7, 11) is 0. The smallest absolute Gasteiger partial charge is 0.170 e. The Kier molecular flexibility index (Phi) is 4.51. The molecule has 0 saturated carbocycles. The number of benzene rings is 1. The van der Waals surface area contributed by atoms with Crippen LogP contribution in [0.2, 0.25) is 5.02 Å². The van der Waals surface area contributed by atoms with E-state index < -0.39 is 0 Å². The zero-order valence-corrected chi connectivity index (χ0v) is 16.1. The van der Waals surface area contributed by atoms with Gasteiger partial charge in [0.1, 0.15) is 11.0 Å². The van der Waals surface area contributed by atoms with Crippen molar-refractivity contribution in [3.8, 4) is 0 Å². The number of hydrogen-bond donors (Lipinski definition) is 0. The van der Waals surface area contributed by atoms with Crippen molar-refractivity contribution in [1.29, 1.82) is 0 Å². The van der Waals surface area contributed by atoms with Gasteiger partial charge in [0.15, 0.2) is 6.17 Å². The van der Waals surface area contributed by atoms with Crippen LogP contribution < -0.4 is 0 Å². The van der Waals surface area contributed by atoms with Crippen molar-refractivity contribution in [2.24, 2.45) is 20.4 Å². The molecular weight excluding hydrogens is 397 g/mol. The van der Waals surface area contributed by atoms with Gasteiger partial charge < -0.3 is 0 Å². The molecule has 3 rings (SSSR count). The summed E-state index contributed by atoms with van der Waals surface area (Å²) < 4.78 is 0. The zero-order chi connectivity index (χ0) is 16.8. The maximum atomic E-state index is 6.37. The summed E-state index contributed by atoms with van der Waals surface area (Å²) in [5.74, 6) is 0.708. The van der Waals surface area contributed by atoms with Crippen molar-refractivity contribution in [2.75, 3.05) is 0 Å². The van der Waals surface area contributed by atoms with Crippen molar-refractivity contribution < 1.29 is 0 Å². The third-order valence-electron chi connectivity index (χ3n) is 3.63. The predicted molar refractivity (Wildman–Crippen MR) is 103 cm³/mol. The summed E-state index contributed by atoms with van der Waals surface area (Å²) in [5, 5.41) is 1.13. The van der Waals surface area contributed by atoms with Crippen molar-refractivity contribution in [3.63, 3.8) is 0 Å². The zero-order valence-electron chi connectivity index (χ0n) is 13.0. The average Bonchev–Trinajstić information content (AvgIpc) is 2.47. The van der Waals surface area contributed by atoms with Gasteiger partial charge >= 0.3 is 0 Å². The fourth-order valence-electron chi connectivity index (χ4n) is 2.42. The molecule has 0 N–H and O–H groups in total. The highest BCUT2D eigenvalue weighted by atomic mass is 79.9. The third-order valence-corrected chi connectivity index (χ3v) is 4.96. The molecule has 3 nitrogen and oxygen atoms in total. The van der Waals surface area contributed by atoms with E-state index in [0.717, 1.165) is 16.8 Å². The summed E-state index contributed by atoms with van der Waals surface area (Å²) in [5.41, 5.74) is 2.40. The minimum Gasteiger partial charge on any atom is -0.256 e. The van der Waals surface area contributed by atoms with Gasteiger partial charge in [0, 0.05) is 21.6 Å². The normalized spacial score (nSPS) is 24.3. The summed E-state index contributed by atoms with van der Waals surface area (Å²) in [6.07, 6.45) is 1.64. The van der Waals surface area contributed by atoms with Crippen LogP contribution in [0.3, 0.4) is 0 Å². The van der Waals surface area contributed by atoms with Crippen LogP contribution in [0.1, 0.15) is 26.3 Å². The highest BCUT2D eigenvalue weighted by Gasteiger charge is 2.33. The Morgan fingerprint density at radius 2 is 1.78 bits per heavy atom. The Morgan fingerprint density at radius 3 is 2.43 bits per heavy atom. The molecule has 2 unspecified atom stereocenters. The molecule has 2 heterocycles. The fourth-order valence-corrected chi connectivity index (χ4v) is 3.54. The second kappa shape index (κ2) is 6.15. The highest BCUT2D eigenvalue weighted by Crippen LogP contribution is 2.32. The minimum atomic E-state index is -0.366. The standard InChI is InChI=1S/C17H16BrCl2N3/c1-17(2,3)16-22-14(20)10-8-11(18)13(21-15(10)23-16)9-6-4-5-7-12(9)19/h4-8,11,15H,1-3H3. The molecule has 2 aliphatic rings. The van der Waals surface area contributed by atoms with E-state index in [-0.39, 0.29) is 16.4 Å². The number of allylic oxidation sites excluding steroid dienone is 1. The molecule has 2 aliphatic heterocycles. The Bertz CT molecular complexity index is 772. The Balaban J connectivity index is 2.07. The van der Waals surface area contributed by atoms with Gasteiger partial charge in [0.2, 0.25) is 0 Å². The van der Waals surface area contributed by atoms with Gasteiger partial charge in [-0.1, -0.05) is 84.2 Å². The van der Waals surface area contributed by atoms with Crippen LogP contribution in [0, 0.1) is 5.41 Å². The Labute approximate surface area is 154 Å². The van der Waals surface area contributed by atoms with Crippen LogP contribution in [0.15, 0.2) is 50.9 Å². The van der Waals surface area contributed by atoms with E-state index in [9.17, 15) is 0 Å². The molecule has 23 heavy (non-hydrogen) atoms. The number of dihydropyridines is 1. The van der Waals surface area contributed by atoms with Crippen molar-refractivity contribution in [2.45, 2.75) is 31.8 Å². The number of hydrogen-bond acceptors (Lipinski definition) is 3. The van der Waals surface area contributed by atoms with Crippen LogP contribution in [0.4, 0.5) is 0 Å². The van der Waals surface area contributed by atoms with Gasteiger partial charge in [-0.15, -0.1) is 0 Å². The second-order valence-electron chi connectivity index (χ2n) is 6.50. The Morgan fingerprint density at radius 1 is 1.09 bits per heavy atom. The molecule has 0 fully saturated rings. The van der Waals surface area contributed by atoms with E-state index >= 15 is 0 Å². The molecule has 0 aromatic heterocycles. The molecule has 2 atom stereocenters. The molecule has 0 amide bonds. The number of aliphatic imine (C=N–C) groups is 3. The first-order valence-corrected chi connectivity index (χ1v) is 8.96. The van der Waals surface area contributed by atoms with Gasteiger partial charge in [0.25, 0.3) is 0 Å². The molecule has 0 aliphatic carbocycles. The molecule has 120 valence electrons. The van der Waals surface area contributed by atoms with Crippen LogP contribution in [0.5, 0.6) is 0 Å². The van der Waals surface area contributed by atoms with Gasteiger partial charge in [-0.2, -0.15) is 0 Å². The first-order valence-electron chi connectivity index (χ1n) is 7.28. The molecule has 1 aromatic rings. The van der Waals surface area contributed by atoms with Crippen LogP contribution >= 0.6 is 39.1 Å². The molecule has 0 spiro atoms. The molecule has 1 aromatic carbocycles. The summed E-state index contributed by atoms with van der Waals surface area (Å²) in [6, 6.07) is 7.67. The lowest BCUT2D eigenvalue weighted by atomic mass is 9.93. The Hall–Kier alpha value is -0.970. The summed E-state index contributed by atoms with van der Waals surface area (Å²) in [4.78, 5) is 13.8. The lowest BCUT2D eigenvalue weighted by Crippen LogP contribution is -2.32. The van der Waals surface area contributed by atoms with Crippen LogP contribution in [-0.4, -0.2) is 27.7 Å². The van der Waals surface area contributed by atoms with Crippen molar-refractivity contribution in [3.05, 3.63) is 46.5 Å². The van der Waals surface area contributed by atoms with E-state index in [0.29, 0.717) is 16.0 Å². The number of fused-ring (bicyclic) bond motifs is 1. The van der Waals surface area contributed by atoms with E-state index in [4.69, 9.17) is 33.2 Å². The van der Waals surface area contributed by atoms with E-state index in [2.05, 4.69) is 41.7 Å². The average molecular weight is 413 g/mol. The molecular formula is C17H16BrCl2N3. The van der Waals surface area contributed by atoms with Gasteiger partial charge in [-0.25, -0.2) is 9.98 Å². The van der Waals surface area contributed by atoms with E-state index in [1.807, 2.05) is 30.3 Å². The lowest BCUT2D eigenvalue weighted by molar-refractivity contribution is 0.575. The lowest BCUT2D eigenvalue weighted by Gasteiger charge is -2.29. The maximum absolute atomic E-state index is 6.37. The monoisotopic (exact) mass is 411 g/mol. The first kappa shape index (κ1) is 16.9. The first-order chi connectivity index (χ1) is 10.8. The molecule has 0 saturated heterocycles. The summed E-state index contributed by atoms with van der Waals surface area (Å²) >= 11 is 16.3. The van der Waals surface area contributed by atoms with Gasteiger partial charge in [0.05, 0.1) is 10.5 Å². The third kappa shape index (κ3) is 3.30. The van der Waals surface area contributed by atoms with Gasteiger partial charge in [-0.05, 0) is 6.07 Å². The van der Waals surface area contributed by atoms with Crippen molar-refractivity contribution in [1.82, 2.24) is 0 Å². The largest absolute Gasteiger partial charge is 0.256 e. The fraction of sp³-hybridized carbons (Fsp3) is 0.353. The molecule has 6 heteroatoms. The van der Waals surface area contributed by atoms with Crippen molar-refractivity contribution >= 4 is 55.8 Å². The number of rotatable bonds is 1.